The molecule has 0 fully saturated rings. The van der Waals surface area contributed by atoms with Crippen LogP contribution in [0, 0.1) is 0 Å². The molecular weight excluding hydrogens is 232 g/mol. The highest BCUT2D eigenvalue weighted by atomic mass is 79.9. The van der Waals surface area contributed by atoms with Crippen molar-refractivity contribution in [3.8, 4) is 5.75 Å². The first-order chi connectivity index (χ1) is 6.22. The fraction of sp³-hybridized carbons (Fsp3) is 0.222. The van der Waals surface area contributed by atoms with Gasteiger partial charge in [-0.15, -0.1) is 0 Å². The van der Waals surface area contributed by atoms with Crippen LogP contribution in [0.25, 0.3) is 11.0 Å². The zero-order chi connectivity index (χ0) is 9.42. The summed E-state index contributed by atoms with van der Waals surface area (Å²) in [5.41, 5.74) is 0.952. The van der Waals surface area contributed by atoms with Crippen LogP contribution in [0.15, 0.2) is 22.9 Å². The highest BCUT2D eigenvalue weighted by Crippen LogP contribution is 2.26. The van der Waals surface area contributed by atoms with Crippen LogP contribution in [0.5, 0.6) is 5.75 Å². The lowest BCUT2D eigenvalue weighted by Crippen LogP contribution is -1.88. The summed E-state index contributed by atoms with van der Waals surface area (Å²) in [5, 5.41) is 1.07. The Kier molecular flexibility index (Phi) is 2.00. The molecular formula is C9H9BrN2O. The van der Waals surface area contributed by atoms with Crippen molar-refractivity contribution in [1.82, 2.24) is 9.55 Å². The van der Waals surface area contributed by atoms with Gasteiger partial charge in [-0.2, -0.15) is 0 Å². The molecule has 2 rings (SSSR count). The van der Waals surface area contributed by atoms with Gasteiger partial charge in [0.25, 0.3) is 0 Å². The third-order valence-electron chi connectivity index (χ3n) is 1.98. The standard InChI is InChI=1S/C9H9BrN2O/c1-12-5-8(10)7-3-6(13-2)4-11-9(7)12/h3-5H,1-2H3. The Balaban J connectivity index is 2.76. The summed E-state index contributed by atoms with van der Waals surface area (Å²) in [6.45, 7) is 0. The second-order valence-electron chi connectivity index (χ2n) is 2.83. The van der Waals surface area contributed by atoms with Crippen molar-refractivity contribution in [3.05, 3.63) is 22.9 Å². The Labute approximate surface area is 84.5 Å². The molecule has 0 amide bonds. The van der Waals surface area contributed by atoms with Gasteiger partial charge in [0.2, 0.25) is 0 Å². The van der Waals surface area contributed by atoms with Gasteiger partial charge < -0.3 is 9.30 Å². The maximum Gasteiger partial charge on any atom is 0.141 e. The van der Waals surface area contributed by atoms with Gasteiger partial charge >= 0.3 is 0 Å². The van der Waals surface area contributed by atoms with Crippen molar-refractivity contribution < 1.29 is 4.74 Å². The largest absolute Gasteiger partial charge is 0.495 e. The summed E-state index contributed by atoms with van der Waals surface area (Å²) < 4.78 is 8.10. The lowest BCUT2D eigenvalue weighted by atomic mass is 10.3. The molecule has 13 heavy (non-hydrogen) atoms. The Hall–Kier alpha value is -1.03. The smallest absolute Gasteiger partial charge is 0.141 e. The normalized spacial score (nSPS) is 10.7. The second kappa shape index (κ2) is 3.03. The predicted octanol–water partition coefficient (Wildman–Crippen LogP) is 2.34. The van der Waals surface area contributed by atoms with Gasteiger partial charge in [0.05, 0.1) is 13.3 Å². The Morgan fingerprint density at radius 2 is 2.31 bits per heavy atom. The van der Waals surface area contributed by atoms with Crippen molar-refractivity contribution in [3.63, 3.8) is 0 Å². The Morgan fingerprint density at radius 1 is 1.54 bits per heavy atom. The van der Waals surface area contributed by atoms with E-state index in [4.69, 9.17) is 4.74 Å². The fourth-order valence-corrected chi connectivity index (χ4v) is 1.91. The molecule has 0 aromatic carbocycles. The molecule has 0 aliphatic heterocycles. The van der Waals surface area contributed by atoms with Crippen molar-refractivity contribution in [1.29, 1.82) is 0 Å². The van der Waals surface area contributed by atoms with Gasteiger partial charge in [-0.05, 0) is 22.0 Å². The third kappa shape index (κ3) is 1.31. The molecule has 4 heteroatoms. The zero-order valence-electron chi connectivity index (χ0n) is 7.41. The van der Waals surface area contributed by atoms with E-state index < -0.39 is 0 Å². The molecule has 2 aromatic heterocycles. The molecule has 0 saturated heterocycles. The molecule has 0 aliphatic carbocycles. The summed E-state index contributed by atoms with van der Waals surface area (Å²) in [4.78, 5) is 4.28. The van der Waals surface area contributed by atoms with Gasteiger partial charge in [0.15, 0.2) is 0 Å². The molecule has 68 valence electrons. The number of hydrogen-bond acceptors (Lipinski definition) is 2. The third-order valence-corrected chi connectivity index (χ3v) is 2.61. The van der Waals surface area contributed by atoms with Crippen LogP contribution in [0.1, 0.15) is 0 Å². The van der Waals surface area contributed by atoms with Gasteiger partial charge in [-0.1, -0.05) is 0 Å². The maximum absolute atomic E-state index is 5.09. The minimum Gasteiger partial charge on any atom is -0.495 e. The van der Waals surface area contributed by atoms with Crippen LogP contribution in [0.2, 0.25) is 0 Å². The monoisotopic (exact) mass is 240 g/mol. The SMILES string of the molecule is COc1cnc2c(c1)c(Br)cn2C. The van der Waals surface area contributed by atoms with Crippen LogP contribution >= 0.6 is 15.9 Å². The lowest BCUT2D eigenvalue weighted by Gasteiger charge is -1.99. The van der Waals surface area contributed by atoms with Crippen molar-refractivity contribution in [2.24, 2.45) is 7.05 Å². The molecule has 0 spiro atoms. The highest BCUT2D eigenvalue weighted by Gasteiger charge is 2.05. The topological polar surface area (TPSA) is 27.1 Å². The van der Waals surface area contributed by atoms with Crippen LogP contribution in [0.4, 0.5) is 0 Å². The van der Waals surface area contributed by atoms with E-state index in [0.717, 1.165) is 21.3 Å². The summed E-state index contributed by atoms with van der Waals surface area (Å²) in [5.74, 6) is 0.777. The average Bonchev–Trinajstić information content (AvgIpc) is 2.42. The lowest BCUT2D eigenvalue weighted by molar-refractivity contribution is 0.413. The molecule has 0 radical (unpaired) electrons. The molecule has 0 bridgehead atoms. The summed E-state index contributed by atoms with van der Waals surface area (Å²) in [6.07, 6.45) is 3.70. The quantitative estimate of drug-likeness (QED) is 0.766. The van der Waals surface area contributed by atoms with Gasteiger partial charge in [0.1, 0.15) is 11.4 Å². The predicted molar refractivity (Wildman–Crippen MR) is 55.0 cm³/mol. The number of hydrogen-bond donors (Lipinski definition) is 0. The number of pyridine rings is 1. The first kappa shape index (κ1) is 8.56. The first-order valence-electron chi connectivity index (χ1n) is 3.87. The summed E-state index contributed by atoms with van der Waals surface area (Å²) >= 11 is 3.46. The van der Waals surface area contributed by atoms with E-state index in [9.17, 15) is 0 Å². The number of halogens is 1. The molecule has 3 nitrogen and oxygen atoms in total. The van der Waals surface area contributed by atoms with Gasteiger partial charge in [0, 0.05) is 23.1 Å². The Morgan fingerprint density at radius 3 is 3.00 bits per heavy atom. The van der Waals surface area contributed by atoms with Gasteiger partial charge in [-0.3, -0.25) is 0 Å². The zero-order valence-corrected chi connectivity index (χ0v) is 9.00. The molecule has 0 N–H and O–H groups in total. The van der Waals surface area contributed by atoms with Crippen molar-refractivity contribution in [2.75, 3.05) is 7.11 Å². The molecule has 2 aromatic rings. The first-order valence-corrected chi connectivity index (χ1v) is 4.66. The number of ether oxygens (including phenoxy) is 1. The highest BCUT2D eigenvalue weighted by molar-refractivity contribution is 9.10. The number of fused-ring (bicyclic) bond motifs is 1. The molecule has 0 atom stereocenters. The van der Waals surface area contributed by atoms with Crippen molar-refractivity contribution >= 4 is 27.0 Å². The minimum absolute atomic E-state index is 0.777. The van der Waals surface area contributed by atoms with Crippen LogP contribution < -0.4 is 4.74 Å². The number of aryl methyl sites for hydroxylation is 1. The van der Waals surface area contributed by atoms with E-state index in [2.05, 4.69) is 20.9 Å². The van der Waals surface area contributed by atoms with E-state index in [-0.39, 0.29) is 0 Å². The molecule has 0 saturated carbocycles. The van der Waals surface area contributed by atoms with Crippen LogP contribution in [0.3, 0.4) is 0 Å². The van der Waals surface area contributed by atoms with Crippen molar-refractivity contribution in [2.45, 2.75) is 0 Å². The fourth-order valence-electron chi connectivity index (χ4n) is 1.31. The number of rotatable bonds is 1. The van der Waals surface area contributed by atoms with E-state index in [1.807, 2.05) is 23.9 Å². The van der Waals surface area contributed by atoms with E-state index in [1.54, 1.807) is 13.3 Å². The van der Waals surface area contributed by atoms with Gasteiger partial charge in [-0.25, -0.2) is 4.98 Å². The van der Waals surface area contributed by atoms with E-state index >= 15 is 0 Å². The average molecular weight is 241 g/mol. The minimum atomic E-state index is 0.777. The Bertz CT molecular complexity index is 450. The summed E-state index contributed by atoms with van der Waals surface area (Å²) in [6, 6.07) is 1.96. The van der Waals surface area contributed by atoms with E-state index in [0.29, 0.717) is 0 Å². The molecule has 0 aliphatic rings. The van der Waals surface area contributed by atoms with E-state index in [1.165, 1.54) is 0 Å². The van der Waals surface area contributed by atoms with Crippen LogP contribution in [-0.4, -0.2) is 16.7 Å². The number of nitrogens with zero attached hydrogens (tertiary/aromatic N) is 2. The molecule has 0 unspecified atom stereocenters. The number of aromatic nitrogens is 2. The second-order valence-corrected chi connectivity index (χ2v) is 3.69. The molecule has 2 heterocycles. The summed E-state index contributed by atoms with van der Waals surface area (Å²) in [7, 11) is 3.60. The maximum atomic E-state index is 5.09. The number of methoxy groups -OCH3 is 1. The van der Waals surface area contributed by atoms with Crippen LogP contribution in [-0.2, 0) is 7.05 Å².